The highest BCUT2D eigenvalue weighted by atomic mass is 35.5. The van der Waals surface area contributed by atoms with Crippen molar-refractivity contribution < 1.29 is 13.5 Å². The maximum absolute atomic E-state index is 14.0. The van der Waals surface area contributed by atoms with Crippen molar-refractivity contribution in [3.63, 3.8) is 0 Å². The van der Waals surface area contributed by atoms with E-state index in [9.17, 15) is 8.78 Å². The first-order valence-corrected chi connectivity index (χ1v) is 6.97. The van der Waals surface area contributed by atoms with E-state index in [1.165, 1.54) is 6.07 Å². The zero-order chi connectivity index (χ0) is 14.7. The van der Waals surface area contributed by atoms with E-state index in [2.05, 4.69) is 4.98 Å². The van der Waals surface area contributed by atoms with Gasteiger partial charge in [-0.2, -0.15) is 0 Å². The third kappa shape index (κ3) is 2.94. The fourth-order valence-electron chi connectivity index (χ4n) is 2.22. The molecule has 0 amide bonds. The highest BCUT2D eigenvalue weighted by Crippen LogP contribution is 2.27. The minimum Gasteiger partial charge on any atom is -0.385 e. The summed E-state index contributed by atoms with van der Waals surface area (Å²) in [6, 6.07) is 2.56. The molecule has 0 N–H and O–H groups in total. The number of aromatic nitrogens is 2. The first kappa shape index (κ1) is 15.2. The van der Waals surface area contributed by atoms with Gasteiger partial charge in [0.15, 0.2) is 11.6 Å². The second-order valence-electron chi connectivity index (χ2n) is 4.67. The SMILES string of the molecule is COCCCCn1c(C(C)Cl)nc2ccc(F)c(F)c21. The fraction of sp³-hybridized carbons (Fsp3) is 0.500. The molecule has 3 nitrogen and oxygen atoms in total. The average Bonchev–Trinajstić information content (AvgIpc) is 2.79. The van der Waals surface area contributed by atoms with Crippen molar-refractivity contribution in [1.29, 1.82) is 0 Å². The summed E-state index contributed by atoms with van der Waals surface area (Å²) in [5.41, 5.74) is 0.614. The van der Waals surface area contributed by atoms with E-state index in [0.29, 0.717) is 24.5 Å². The molecule has 0 aliphatic carbocycles. The molecule has 1 unspecified atom stereocenters. The van der Waals surface area contributed by atoms with Gasteiger partial charge in [0.1, 0.15) is 11.3 Å². The first-order chi connectivity index (χ1) is 9.56. The lowest BCUT2D eigenvalue weighted by Gasteiger charge is -2.10. The summed E-state index contributed by atoms with van der Waals surface area (Å²) in [6.07, 6.45) is 1.62. The third-order valence-electron chi connectivity index (χ3n) is 3.17. The molecule has 6 heteroatoms. The van der Waals surface area contributed by atoms with E-state index in [0.717, 1.165) is 18.9 Å². The van der Waals surface area contributed by atoms with Crippen LogP contribution in [0.1, 0.15) is 31.0 Å². The van der Waals surface area contributed by atoms with Crippen LogP contribution in [0.4, 0.5) is 8.78 Å². The van der Waals surface area contributed by atoms with Gasteiger partial charge >= 0.3 is 0 Å². The fourth-order valence-corrected chi connectivity index (χ4v) is 2.39. The zero-order valence-electron chi connectivity index (χ0n) is 11.5. The van der Waals surface area contributed by atoms with Crippen LogP contribution in [0.15, 0.2) is 12.1 Å². The molecule has 2 rings (SSSR count). The van der Waals surface area contributed by atoms with E-state index >= 15 is 0 Å². The number of alkyl halides is 1. The highest BCUT2D eigenvalue weighted by Gasteiger charge is 2.19. The van der Waals surface area contributed by atoms with Crippen molar-refractivity contribution in [1.82, 2.24) is 9.55 Å². The Bertz CT molecular complexity index is 598. The van der Waals surface area contributed by atoms with Crippen molar-refractivity contribution in [2.24, 2.45) is 0 Å². The molecular weight excluding hydrogens is 286 g/mol. The Kier molecular flexibility index (Phi) is 4.94. The molecule has 0 fully saturated rings. The molecule has 0 spiro atoms. The number of ether oxygens (including phenoxy) is 1. The van der Waals surface area contributed by atoms with Gasteiger partial charge in [0.2, 0.25) is 0 Å². The Morgan fingerprint density at radius 1 is 1.35 bits per heavy atom. The summed E-state index contributed by atoms with van der Waals surface area (Å²) in [4.78, 5) is 4.31. The minimum absolute atomic E-state index is 0.185. The smallest absolute Gasteiger partial charge is 0.184 e. The van der Waals surface area contributed by atoms with Crippen LogP contribution in [0.25, 0.3) is 11.0 Å². The van der Waals surface area contributed by atoms with E-state index in [4.69, 9.17) is 16.3 Å². The molecular formula is C14H17ClF2N2O. The second kappa shape index (κ2) is 6.50. The lowest BCUT2D eigenvalue weighted by atomic mass is 10.2. The van der Waals surface area contributed by atoms with Crippen LogP contribution in [0.2, 0.25) is 0 Å². The summed E-state index contributed by atoms with van der Waals surface area (Å²) in [6.45, 7) is 2.94. The van der Waals surface area contributed by atoms with Crippen LogP contribution in [0.3, 0.4) is 0 Å². The molecule has 0 bridgehead atoms. The second-order valence-corrected chi connectivity index (χ2v) is 5.32. The Labute approximate surface area is 121 Å². The lowest BCUT2D eigenvalue weighted by molar-refractivity contribution is 0.191. The molecule has 0 aliphatic heterocycles. The normalized spacial score (nSPS) is 13.1. The molecule has 1 atom stereocenters. The number of halogens is 3. The molecule has 2 aromatic rings. The van der Waals surface area contributed by atoms with Crippen molar-refractivity contribution in [2.45, 2.75) is 31.7 Å². The quantitative estimate of drug-likeness (QED) is 0.595. The number of unbranched alkanes of at least 4 members (excludes halogenated alkanes) is 1. The van der Waals surface area contributed by atoms with Crippen molar-refractivity contribution in [2.75, 3.05) is 13.7 Å². The Hall–Kier alpha value is -1.20. The molecule has 110 valence electrons. The van der Waals surface area contributed by atoms with Crippen molar-refractivity contribution >= 4 is 22.6 Å². The first-order valence-electron chi connectivity index (χ1n) is 6.53. The van der Waals surface area contributed by atoms with Gasteiger partial charge in [-0.3, -0.25) is 0 Å². The molecule has 1 aromatic heterocycles. The summed E-state index contributed by atoms with van der Waals surface area (Å²) >= 11 is 6.09. The van der Waals surface area contributed by atoms with Gasteiger partial charge in [0, 0.05) is 20.3 Å². The minimum atomic E-state index is -0.871. The molecule has 1 heterocycles. The number of benzene rings is 1. The summed E-state index contributed by atoms with van der Waals surface area (Å²) in [5, 5.41) is -0.368. The maximum atomic E-state index is 14.0. The van der Waals surface area contributed by atoms with Crippen LogP contribution in [-0.4, -0.2) is 23.3 Å². The van der Waals surface area contributed by atoms with Crippen LogP contribution >= 0.6 is 11.6 Å². The van der Waals surface area contributed by atoms with E-state index < -0.39 is 11.6 Å². The summed E-state index contributed by atoms with van der Waals surface area (Å²) in [5.74, 6) is -1.18. The predicted molar refractivity (Wildman–Crippen MR) is 75.0 cm³/mol. The number of fused-ring (bicyclic) bond motifs is 1. The van der Waals surface area contributed by atoms with E-state index in [-0.39, 0.29) is 10.9 Å². The van der Waals surface area contributed by atoms with Gasteiger partial charge in [0.05, 0.1) is 10.9 Å². The summed E-state index contributed by atoms with van der Waals surface area (Å²) < 4.78 is 34.1. The van der Waals surface area contributed by atoms with Crippen LogP contribution in [0, 0.1) is 11.6 Å². The number of aryl methyl sites for hydroxylation is 1. The number of rotatable bonds is 6. The zero-order valence-corrected chi connectivity index (χ0v) is 12.3. The highest BCUT2D eigenvalue weighted by molar-refractivity contribution is 6.20. The van der Waals surface area contributed by atoms with Gasteiger partial charge in [0.25, 0.3) is 0 Å². The maximum Gasteiger partial charge on any atom is 0.184 e. The van der Waals surface area contributed by atoms with Crippen LogP contribution in [-0.2, 0) is 11.3 Å². The number of hydrogen-bond donors (Lipinski definition) is 0. The van der Waals surface area contributed by atoms with Crippen LogP contribution < -0.4 is 0 Å². The van der Waals surface area contributed by atoms with Gasteiger partial charge in [-0.05, 0) is 31.9 Å². The predicted octanol–water partition coefficient (Wildman–Crippen LogP) is 4.04. The van der Waals surface area contributed by atoms with Gasteiger partial charge in [-0.15, -0.1) is 11.6 Å². The standard InChI is InChI=1S/C14H17ClF2N2O/c1-9(15)14-18-11-6-5-10(16)12(17)13(11)19(14)7-3-4-8-20-2/h5-6,9H,3-4,7-8H2,1-2H3. The lowest BCUT2D eigenvalue weighted by Crippen LogP contribution is -2.07. The molecule has 0 aliphatic rings. The van der Waals surface area contributed by atoms with E-state index in [1.54, 1.807) is 18.6 Å². The molecule has 0 radical (unpaired) electrons. The molecule has 20 heavy (non-hydrogen) atoms. The van der Waals surface area contributed by atoms with Crippen molar-refractivity contribution in [3.05, 3.63) is 29.6 Å². The number of nitrogens with zero attached hydrogens (tertiary/aromatic N) is 2. The number of methoxy groups -OCH3 is 1. The van der Waals surface area contributed by atoms with Crippen molar-refractivity contribution in [3.8, 4) is 0 Å². The largest absolute Gasteiger partial charge is 0.385 e. The Morgan fingerprint density at radius 3 is 2.75 bits per heavy atom. The molecule has 0 saturated heterocycles. The third-order valence-corrected chi connectivity index (χ3v) is 3.36. The van der Waals surface area contributed by atoms with Crippen LogP contribution in [0.5, 0.6) is 0 Å². The monoisotopic (exact) mass is 302 g/mol. The summed E-state index contributed by atoms with van der Waals surface area (Å²) in [7, 11) is 1.63. The van der Waals surface area contributed by atoms with Gasteiger partial charge in [-0.1, -0.05) is 0 Å². The van der Waals surface area contributed by atoms with Gasteiger partial charge in [-0.25, -0.2) is 13.8 Å². The Balaban J connectivity index is 2.42. The topological polar surface area (TPSA) is 27.1 Å². The number of imidazole rings is 1. The van der Waals surface area contributed by atoms with E-state index in [1.807, 2.05) is 0 Å². The van der Waals surface area contributed by atoms with Gasteiger partial charge < -0.3 is 9.30 Å². The number of hydrogen-bond acceptors (Lipinski definition) is 2. The molecule has 0 saturated carbocycles. The Morgan fingerprint density at radius 2 is 2.10 bits per heavy atom. The average molecular weight is 303 g/mol. The molecule has 1 aromatic carbocycles.